The standard InChI is InChI=1S/C40H38F2N2O5/c1-39(2,3)48-38(46)43-36(25-28-19-23-34(24-20-28)47-27-29-21-22-33(41)26-35(29)42)37(45)44-49-40(30-13-7-4-8-14-30,31-15-9-5-10-16-31)32-17-11-6-12-18-32/h4-24,26,36H,25,27H2,1-3H3,(H,43,46)(H,44,45)/t36-/m0/s1. The number of rotatable bonds is 12. The molecule has 0 heterocycles. The molecule has 0 spiro atoms. The van der Waals surface area contributed by atoms with Gasteiger partial charge in [0.25, 0.3) is 5.91 Å². The van der Waals surface area contributed by atoms with Crippen molar-refractivity contribution in [3.8, 4) is 5.75 Å². The molecule has 0 radical (unpaired) electrons. The number of hydrogen-bond acceptors (Lipinski definition) is 5. The molecular formula is C40H38F2N2O5. The average molecular weight is 665 g/mol. The van der Waals surface area contributed by atoms with Gasteiger partial charge in [-0.1, -0.05) is 103 Å². The Labute approximate surface area is 284 Å². The fourth-order valence-electron chi connectivity index (χ4n) is 5.31. The van der Waals surface area contributed by atoms with Crippen LogP contribution in [0.15, 0.2) is 133 Å². The van der Waals surface area contributed by atoms with Crippen LogP contribution in [0.5, 0.6) is 5.75 Å². The normalized spacial score (nSPS) is 12.1. The highest BCUT2D eigenvalue weighted by Gasteiger charge is 2.40. The lowest BCUT2D eigenvalue weighted by molar-refractivity contribution is -0.145. The number of hydroxylamine groups is 1. The number of carbonyl (C=O) groups excluding carboxylic acids is 2. The van der Waals surface area contributed by atoms with E-state index in [1.54, 1.807) is 45.0 Å². The van der Waals surface area contributed by atoms with Gasteiger partial charge in [-0.3, -0.25) is 9.63 Å². The van der Waals surface area contributed by atoms with Crippen molar-refractivity contribution >= 4 is 12.0 Å². The Kier molecular flexibility index (Phi) is 11.1. The van der Waals surface area contributed by atoms with Crippen LogP contribution in [0.1, 0.15) is 48.6 Å². The van der Waals surface area contributed by atoms with Crippen LogP contribution < -0.4 is 15.5 Å². The molecule has 1 atom stereocenters. The molecule has 0 aromatic heterocycles. The highest BCUT2D eigenvalue weighted by molar-refractivity contribution is 5.85. The Morgan fingerprint density at radius 1 is 0.714 bits per heavy atom. The van der Waals surface area contributed by atoms with Gasteiger partial charge in [0.1, 0.15) is 35.6 Å². The van der Waals surface area contributed by atoms with E-state index in [0.717, 1.165) is 22.8 Å². The molecule has 5 aromatic rings. The molecule has 7 nitrogen and oxygen atoms in total. The van der Waals surface area contributed by atoms with E-state index in [9.17, 15) is 18.4 Å². The molecule has 5 rings (SSSR count). The summed E-state index contributed by atoms with van der Waals surface area (Å²) in [6.07, 6.45) is -0.689. The first-order valence-electron chi connectivity index (χ1n) is 15.8. The lowest BCUT2D eigenvalue weighted by atomic mass is 9.80. The van der Waals surface area contributed by atoms with E-state index < -0.39 is 40.9 Å². The van der Waals surface area contributed by atoms with E-state index in [0.29, 0.717) is 11.3 Å². The van der Waals surface area contributed by atoms with Gasteiger partial charge in [-0.25, -0.2) is 19.1 Å². The molecule has 0 bridgehead atoms. The quantitative estimate of drug-likeness (QED) is 0.104. The number of hydrogen-bond donors (Lipinski definition) is 2. The third-order valence-electron chi connectivity index (χ3n) is 7.63. The van der Waals surface area contributed by atoms with Gasteiger partial charge in [0.2, 0.25) is 0 Å². The zero-order valence-electron chi connectivity index (χ0n) is 27.5. The Morgan fingerprint density at radius 2 is 1.24 bits per heavy atom. The number of carbonyl (C=O) groups is 2. The van der Waals surface area contributed by atoms with E-state index in [-0.39, 0.29) is 18.6 Å². The molecule has 0 aliphatic rings. The van der Waals surface area contributed by atoms with Crippen LogP contribution in [0, 0.1) is 11.6 Å². The number of ether oxygens (including phenoxy) is 2. The average Bonchev–Trinajstić information content (AvgIpc) is 3.09. The van der Waals surface area contributed by atoms with Gasteiger partial charge in [0, 0.05) is 18.1 Å². The molecule has 0 fully saturated rings. The Balaban J connectivity index is 1.39. The number of amides is 2. The second kappa shape index (κ2) is 15.6. The molecule has 0 aliphatic heterocycles. The number of halogens is 2. The van der Waals surface area contributed by atoms with E-state index in [2.05, 4.69) is 10.8 Å². The summed E-state index contributed by atoms with van der Waals surface area (Å²) in [6, 6.07) is 37.7. The summed E-state index contributed by atoms with van der Waals surface area (Å²) in [5.41, 5.74) is 3.87. The first-order chi connectivity index (χ1) is 23.5. The third kappa shape index (κ3) is 9.09. The first kappa shape index (κ1) is 34.8. The zero-order chi connectivity index (χ0) is 34.9. The first-order valence-corrected chi connectivity index (χ1v) is 15.8. The van der Waals surface area contributed by atoms with E-state index >= 15 is 0 Å². The van der Waals surface area contributed by atoms with Gasteiger partial charge < -0.3 is 14.8 Å². The summed E-state index contributed by atoms with van der Waals surface area (Å²) in [5, 5.41) is 2.69. The van der Waals surface area contributed by atoms with Crippen LogP contribution in [-0.4, -0.2) is 23.6 Å². The minimum atomic E-state index is -1.24. The van der Waals surface area contributed by atoms with E-state index in [4.69, 9.17) is 14.3 Å². The predicted octanol–water partition coefficient (Wildman–Crippen LogP) is 8.02. The van der Waals surface area contributed by atoms with Gasteiger partial charge in [0.15, 0.2) is 5.60 Å². The topological polar surface area (TPSA) is 85.9 Å². The maximum atomic E-state index is 14.1. The van der Waals surface area contributed by atoms with Crippen molar-refractivity contribution in [1.82, 2.24) is 10.8 Å². The van der Waals surface area contributed by atoms with Crippen molar-refractivity contribution < 1.29 is 32.7 Å². The summed E-state index contributed by atoms with van der Waals surface area (Å²) in [5.74, 6) is -1.53. The molecule has 0 unspecified atom stereocenters. The Hall–Kier alpha value is -5.54. The van der Waals surface area contributed by atoms with Crippen LogP contribution in [0.3, 0.4) is 0 Å². The molecule has 252 valence electrons. The summed E-state index contributed by atoms with van der Waals surface area (Å²) in [6.45, 7) is 5.10. The van der Waals surface area contributed by atoms with Gasteiger partial charge in [-0.05, 0) is 67.3 Å². The Bertz CT molecular complexity index is 1730. The number of benzene rings is 5. The van der Waals surface area contributed by atoms with Gasteiger partial charge in [-0.15, -0.1) is 0 Å². The van der Waals surface area contributed by atoms with Gasteiger partial charge in [0.05, 0.1) is 0 Å². The lowest BCUT2D eigenvalue weighted by Gasteiger charge is -2.35. The minimum Gasteiger partial charge on any atom is -0.489 e. The highest BCUT2D eigenvalue weighted by Crippen LogP contribution is 2.39. The molecule has 2 amide bonds. The molecule has 5 aromatic carbocycles. The van der Waals surface area contributed by atoms with Crippen LogP contribution in [-0.2, 0) is 33.0 Å². The van der Waals surface area contributed by atoms with E-state index in [1.807, 2.05) is 91.0 Å². The Morgan fingerprint density at radius 3 is 1.73 bits per heavy atom. The maximum Gasteiger partial charge on any atom is 0.408 e. The SMILES string of the molecule is CC(C)(C)OC(=O)N[C@@H](Cc1ccc(OCc2ccc(F)cc2F)cc1)C(=O)NOC(c1ccccc1)(c1ccccc1)c1ccccc1. The van der Waals surface area contributed by atoms with Crippen molar-refractivity contribution in [1.29, 1.82) is 0 Å². The molecule has 0 saturated heterocycles. The molecular weight excluding hydrogens is 626 g/mol. The monoisotopic (exact) mass is 664 g/mol. The van der Waals surface area contributed by atoms with Gasteiger partial charge in [-0.2, -0.15) is 0 Å². The van der Waals surface area contributed by atoms with Crippen molar-refractivity contribution in [3.05, 3.63) is 173 Å². The van der Waals surface area contributed by atoms with Crippen LogP contribution >= 0.6 is 0 Å². The van der Waals surface area contributed by atoms with Crippen LogP contribution in [0.2, 0.25) is 0 Å². The van der Waals surface area contributed by atoms with Crippen molar-refractivity contribution in [2.75, 3.05) is 0 Å². The minimum absolute atomic E-state index is 0.0797. The number of alkyl carbamates (subject to hydrolysis) is 1. The van der Waals surface area contributed by atoms with Crippen molar-refractivity contribution in [2.45, 2.75) is 51.0 Å². The van der Waals surface area contributed by atoms with Gasteiger partial charge >= 0.3 is 6.09 Å². The summed E-state index contributed by atoms with van der Waals surface area (Å²) < 4.78 is 38.5. The lowest BCUT2D eigenvalue weighted by Crippen LogP contribution is -2.51. The van der Waals surface area contributed by atoms with E-state index in [1.165, 1.54) is 12.1 Å². The smallest absolute Gasteiger partial charge is 0.408 e. The maximum absolute atomic E-state index is 14.1. The second-order valence-corrected chi connectivity index (χ2v) is 12.4. The molecule has 9 heteroatoms. The van der Waals surface area contributed by atoms with Crippen molar-refractivity contribution in [3.63, 3.8) is 0 Å². The molecule has 0 aliphatic carbocycles. The van der Waals surface area contributed by atoms with Crippen LogP contribution in [0.4, 0.5) is 13.6 Å². The summed E-state index contributed by atoms with van der Waals surface area (Å²) >= 11 is 0. The van der Waals surface area contributed by atoms with Crippen LogP contribution in [0.25, 0.3) is 0 Å². The second-order valence-electron chi connectivity index (χ2n) is 12.4. The van der Waals surface area contributed by atoms with Crippen molar-refractivity contribution in [2.24, 2.45) is 0 Å². The highest BCUT2D eigenvalue weighted by atomic mass is 19.1. The molecule has 2 N–H and O–H groups in total. The molecule has 49 heavy (non-hydrogen) atoms. The largest absolute Gasteiger partial charge is 0.489 e. The zero-order valence-corrected chi connectivity index (χ0v) is 27.5. The number of nitrogens with one attached hydrogen (secondary N) is 2. The summed E-state index contributed by atoms with van der Waals surface area (Å²) in [7, 11) is 0. The third-order valence-corrected chi connectivity index (χ3v) is 7.63. The fraction of sp³-hybridized carbons (Fsp3) is 0.200. The fourth-order valence-corrected chi connectivity index (χ4v) is 5.31. The summed E-state index contributed by atoms with van der Waals surface area (Å²) in [4.78, 5) is 33.4. The molecule has 0 saturated carbocycles. The predicted molar refractivity (Wildman–Crippen MR) is 182 cm³/mol.